The molecule has 0 amide bonds. The van der Waals surface area contributed by atoms with Gasteiger partial charge in [-0.25, -0.2) is 8.78 Å². The van der Waals surface area contributed by atoms with Crippen LogP contribution in [0.5, 0.6) is 11.5 Å². The van der Waals surface area contributed by atoms with Crippen molar-refractivity contribution >= 4 is 0 Å². The Morgan fingerprint density at radius 3 is 2.00 bits per heavy atom. The third kappa shape index (κ3) is 8.19. The molecule has 244 valence electrons. The highest BCUT2D eigenvalue weighted by Crippen LogP contribution is 2.45. The Morgan fingerprint density at radius 2 is 1.41 bits per heavy atom. The molecule has 0 unspecified atom stereocenters. The Hall–Kier alpha value is -2.53. The Morgan fingerprint density at radius 1 is 0.750 bits per heavy atom. The Balaban J connectivity index is 1.11. The highest BCUT2D eigenvalue weighted by molar-refractivity contribution is 5.34. The van der Waals surface area contributed by atoms with E-state index in [9.17, 15) is 26.3 Å². The van der Waals surface area contributed by atoms with Crippen molar-refractivity contribution in [3.05, 3.63) is 59.2 Å². The summed E-state index contributed by atoms with van der Waals surface area (Å²) in [7, 11) is 0. The molecule has 0 bridgehead atoms. The van der Waals surface area contributed by atoms with Crippen LogP contribution in [0.1, 0.15) is 94.1 Å². The summed E-state index contributed by atoms with van der Waals surface area (Å²) >= 11 is 0. The number of halogens is 7. The minimum atomic E-state index is -5.12. The van der Waals surface area contributed by atoms with Gasteiger partial charge in [0.1, 0.15) is 11.6 Å². The Bertz CT molecular complexity index is 1230. The fourth-order valence-corrected chi connectivity index (χ4v) is 6.99. The fourth-order valence-electron chi connectivity index (χ4n) is 6.99. The van der Waals surface area contributed by atoms with Gasteiger partial charge in [-0.2, -0.15) is 8.78 Å². The van der Waals surface area contributed by atoms with Crippen molar-refractivity contribution in [2.45, 2.75) is 102 Å². The maximum atomic E-state index is 15.3. The summed E-state index contributed by atoms with van der Waals surface area (Å²) in [6.07, 6.45) is -2.25. The second-order valence-electron chi connectivity index (χ2n) is 12.4. The van der Waals surface area contributed by atoms with E-state index in [1.165, 1.54) is 0 Å². The molecule has 2 aliphatic carbocycles. The summed E-state index contributed by atoms with van der Waals surface area (Å²) in [5.41, 5.74) is 1.46. The zero-order valence-electron chi connectivity index (χ0n) is 24.7. The summed E-state index contributed by atoms with van der Waals surface area (Å²) in [6.45, 7) is 3.65. The lowest BCUT2D eigenvalue weighted by atomic mass is 9.76. The molecule has 0 aromatic heterocycles. The molecule has 2 saturated carbocycles. The standard InChI is InChI=1S/C33H39F7O4/c1-2-3-20-18-41-31(42-19-20)23-6-4-21(5-7-23)24-10-14-27(28(34)16-24)22-8-11-25(12-9-22)32(36,37)43-26-13-15-30(29(35)17-26)44-33(38,39)40/h10,13-17,20-23,25,31H,2-9,11-12,18-19H2,1H3. The van der Waals surface area contributed by atoms with Gasteiger partial charge in [0, 0.05) is 17.9 Å². The Kier molecular flexibility index (Phi) is 10.3. The number of rotatable bonds is 9. The molecule has 3 aliphatic rings. The van der Waals surface area contributed by atoms with Crippen molar-refractivity contribution in [3.8, 4) is 11.5 Å². The molecule has 44 heavy (non-hydrogen) atoms. The topological polar surface area (TPSA) is 36.9 Å². The fraction of sp³-hybridized carbons (Fsp3) is 0.636. The minimum absolute atomic E-state index is 0.0467. The van der Waals surface area contributed by atoms with E-state index in [-0.39, 0.29) is 36.8 Å². The van der Waals surface area contributed by atoms with Gasteiger partial charge >= 0.3 is 12.5 Å². The molecule has 0 atom stereocenters. The van der Waals surface area contributed by atoms with E-state index in [0.29, 0.717) is 42.4 Å². The second kappa shape index (κ2) is 13.8. The van der Waals surface area contributed by atoms with E-state index in [1.807, 2.05) is 6.07 Å². The van der Waals surface area contributed by atoms with Crippen LogP contribution < -0.4 is 9.47 Å². The lowest BCUT2D eigenvalue weighted by Crippen LogP contribution is -2.38. The average molecular weight is 633 g/mol. The number of ether oxygens (including phenoxy) is 4. The molecule has 3 fully saturated rings. The molecule has 0 radical (unpaired) electrons. The molecule has 1 aliphatic heterocycles. The minimum Gasteiger partial charge on any atom is -0.432 e. The smallest absolute Gasteiger partial charge is 0.432 e. The molecule has 1 saturated heterocycles. The maximum absolute atomic E-state index is 15.3. The van der Waals surface area contributed by atoms with Gasteiger partial charge in [-0.1, -0.05) is 25.5 Å². The molecule has 1 heterocycles. The SMILES string of the molecule is CCCC1COC(C2CCC(c3ccc(C4CCC(C(F)(F)Oc5ccc(OC(F)(F)F)c(F)c5)CC4)c(F)c3)CC2)OC1. The summed E-state index contributed by atoms with van der Waals surface area (Å²) in [5, 5.41) is 0. The van der Waals surface area contributed by atoms with E-state index in [4.69, 9.17) is 14.2 Å². The number of hydrogen-bond acceptors (Lipinski definition) is 4. The predicted octanol–water partition coefficient (Wildman–Crippen LogP) is 9.87. The van der Waals surface area contributed by atoms with E-state index >= 15 is 4.39 Å². The van der Waals surface area contributed by atoms with Crippen LogP contribution in [-0.4, -0.2) is 32.0 Å². The van der Waals surface area contributed by atoms with Crippen molar-refractivity contribution in [2.24, 2.45) is 17.8 Å². The lowest BCUT2D eigenvalue weighted by Gasteiger charge is -2.37. The largest absolute Gasteiger partial charge is 0.573 e. The predicted molar refractivity (Wildman–Crippen MR) is 149 cm³/mol. The van der Waals surface area contributed by atoms with Crippen molar-refractivity contribution in [1.29, 1.82) is 0 Å². The first-order chi connectivity index (χ1) is 20.9. The van der Waals surface area contributed by atoms with Gasteiger partial charge in [0.2, 0.25) is 0 Å². The summed E-state index contributed by atoms with van der Waals surface area (Å²) in [4.78, 5) is 0. The lowest BCUT2D eigenvalue weighted by molar-refractivity contribution is -0.275. The van der Waals surface area contributed by atoms with E-state index in [1.54, 1.807) is 12.1 Å². The van der Waals surface area contributed by atoms with Gasteiger partial charge in [0.25, 0.3) is 0 Å². The van der Waals surface area contributed by atoms with Crippen LogP contribution in [-0.2, 0) is 9.47 Å². The molecule has 11 heteroatoms. The molecular weight excluding hydrogens is 593 g/mol. The number of benzene rings is 2. The zero-order valence-corrected chi connectivity index (χ0v) is 24.7. The van der Waals surface area contributed by atoms with E-state index in [0.717, 1.165) is 63.4 Å². The first-order valence-electron chi connectivity index (χ1n) is 15.6. The highest BCUT2D eigenvalue weighted by atomic mass is 19.4. The summed E-state index contributed by atoms with van der Waals surface area (Å²) in [6, 6.07) is 7.15. The van der Waals surface area contributed by atoms with Gasteiger partial charge in [-0.3, -0.25) is 0 Å². The van der Waals surface area contributed by atoms with Crippen LogP contribution >= 0.6 is 0 Å². The molecule has 5 rings (SSSR count). The van der Waals surface area contributed by atoms with Crippen molar-refractivity contribution in [2.75, 3.05) is 13.2 Å². The van der Waals surface area contributed by atoms with Crippen LogP contribution in [0, 0.1) is 29.4 Å². The first-order valence-corrected chi connectivity index (χ1v) is 15.6. The molecular formula is C33H39F7O4. The highest BCUT2D eigenvalue weighted by Gasteiger charge is 2.45. The third-order valence-corrected chi connectivity index (χ3v) is 9.37. The molecule has 2 aromatic carbocycles. The van der Waals surface area contributed by atoms with Crippen molar-refractivity contribution < 1.29 is 49.7 Å². The number of alkyl halides is 5. The second-order valence-corrected chi connectivity index (χ2v) is 12.4. The molecule has 0 spiro atoms. The van der Waals surface area contributed by atoms with Gasteiger partial charge in [0.15, 0.2) is 17.9 Å². The Labute approximate surface area is 253 Å². The normalized spacial score (nSPS) is 28.5. The summed E-state index contributed by atoms with van der Waals surface area (Å²) < 4.78 is 116. The van der Waals surface area contributed by atoms with Crippen molar-refractivity contribution in [1.82, 2.24) is 0 Å². The van der Waals surface area contributed by atoms with E-state index in [2.05, 4.69) is 11.7 Å². The first kappa shape index (κ1) is 32.9. The zero-order chi connectivity index (χ0) is 31.5. The maximum Gasteiger partial charge on any atom is 0.573 e. The summed E-state index contributed by atoms with van der Waals surface area (Å²) in [5.74, 6) is -3.92. The van der Waals surface area contributed by atoms with Crippen LogP contribution in [0.25, 0.3) is 0 Å². The van der Waals surface area contributed by atoms with Crippen LogP contribution in [0.3, 0.4) is 0 Å². The van der Waals surface area contributed by atoms with Crippen molar-refractivity contribution in [3.63, 3.8) is 0 Å². The van der Waals surface area contributed by atoms with Gasteiger partial charge in [-0.05, 0) is 98.9 Å². The van der Waals surface area contributed by atoms with Gasteiger partial charge in [-0.15, -0.1) is 13.2 Å². The molecule has 2 aromatic rings. The molecule has 4 nitrogen and oxygen atoms in total. The van der Waals surface area contributed by atoms with Crippen LogP contribution in [0.4, 0.5) is 30.7 Å². The quantitative estimate of drug-likeness (QED) is 0.258. The third-order valence-electron chi connectivity index (χ3n) is 9.37. The van der Waals surface area contributed by atoms with Crippen LogP contribution in [0.2, 0.25) is 0 Å². The average Bonchev–Trinajstić information content (AvgIpc) is 2.98. The number of hydrogen-bond donors (Lipinski definition) is 0. The monoisotopic (exact) mass is 632 g/mol. The van der Waals surface area contributed by atoms with Crippen LogP contribution in [0.15, 0.2) is 36.4 Å². The van der Waals surface area contributed by atoms with E-state index < -0.39 is 35.7 Å². The molecule has 0 N–H and O–H groups in total. The van der Waals surface area contributed by atoms with Gasteiger partial charge < -0.3 is 18.9 Å². The van der Waals surface area contributed by atoms with Gasteiger partial charge in [0.05, 0.1) is 19.1 Å².